The van der Waals surface area contributed by atoms with Crippen molar-refractivity contribution in [1.82, 2.24) is 0 Å². The van der Waals surface area contributed by atoms with E-state index in [-0.39, 0.29) is 17.0 Å². The van der Waals surface area contributed by atoms with Gasteiger partial charge in [0.05, 0.1) is 16.2 Å². The van der Waals surface area contributed by atoms with Crippen LogP contribution in [-0.2, 0) is 4.74 Å². The second kappa shape index (κ2) is 7.36. The highest BCUT2D eigenvalue weighted by Crippen LogP contribution is 2.25. The van der Waals surface area contributed by atoms with E-state index < -0.39 is 17.5 Å². The largest absolute Gasteiger partial charge is 0.454 e. The number of ketones is 1. The molecule has 0 aliphatic rings. The molecule has 0 aliphatic heterocycles. The normalized spacial score (nSPS) is 10.1. The average Bonchev–Trinajstić information content (AvgIpc) is 2.59. The van der Waals surface area contributed by atoms with E-state index in [0.29, 0.717) is 11.3 Å². The predicted octanol–water partition coefficient (Wildman–Crippen LogP) is 2.70. The van der Waals surface area contributed by atoms with Gasteiger partial charge in [0, 0.05) is 31.8 Å². The van der Waals surface area contributed by atoms with Crippen LogP contribution in [0.25, 0.3) is 0 Å². The first-order valence-corrected chi connectivity index (χ1v) is 7.11. The lowest BCUT2D eigenvalue weighted by Gasteiger charge is -2.16. The summed E-state index contributed by atoms with van der Waals surface area (Å²) in [5.41, 5.74) is 0.715. The van der Waals surface area contributed by atoms with E-state index in [0.717, 1.165) is 6.07 Å². The maximum absolute atomic E-state index is 12.3. The van der Waals surface area contributed by atoms with Gasteiger partial charge in [0.25, 0.3) is 5.69 Å². The zero-order valence-corrected chi connectivity index (χ0v) is 13.3. The first kappa shape index (κ1) is 17.1. The molecule has 7 heteroatoms. The summed E-state index contributed by atoms with van der Waals surface area (Å²) in [4.78, 5) is 36.2. The van der Waals surface area contributed by atoms with Crippen LogP contribution in [0.2, 0.25) is 0 Å². The van der Waals surface area contributed by atoms with Crippen LogP contribution in [0.1, 0.15) is 20.7 Å². The number of non-ortho nitro benzene ring substituents is 1. The molecule has 124 valence electrons. The molecule has 7 nitrogen and oxygen atoms in total. The predicted molar refractivity (Wildman–Crippen MR) is 88.5 cm³/mol. The molecule has 0 radical (unpaired) electrons. The van der Waals surface area contributed by atoms with Gasteiger partial charge in [-0.2, -0.15) is 0 Å². The van der Waals surface area contributed by atoms with Crippen molar-refractivity contribution in [2.45, 2.75) is 0 Å². The number of nitro groups is 1. The monoisotopic (exact) mass is 328 g/mol. The van der Waals surface area contributed by atoms with Gasteiger partial charge in [-0.05, 0) is 6.07 Å². The maximum Gasteiger partial charge on any atom is 0.340 e. The Morgan fingerprint density at radius 1 is 1.12 bits per heavy atom. The Labute approximate surface area is 138 Å². The number of esters is 1. The minimum absolute atomic E-state index is 0.0371. The lowest BCUT2D eigenvalue weighted by Crippen LogP contribution is -2.18. The van der Waals surface area contributed by atoms with Gasteiger partial charge >= 0.3 is 5.97 Å². The quantitative estimate of drug-likeness (QED) is 0.350. The fraction of sp³-hybridized carbons (Fsp3) is 0.176. The molecule has 0 heterocycles. The van der Waals surface area contributed by atoms with Crippen LogP contribution in [0.5, 0.6) is 0 Å². The number of ether oxygens (including phenoxy) is 1. The molecule has 0 aliphatic carbocycles. The zero-order valence-electron chi connectivity index (χ0n) is 13.3. The van der Waals surface area contributed by atoms with Gasteiger partial charge in [-0.15, -0.1) is 0 Å². The highest BCUT2D eigenvalue weighted by molar-refractivity contribution is 6.01. The van der Waals surface area contributed by atoms with Crippen molar-refractivity contribution in [3.05, 3.63) is 69.8 Å². The van der Waals surface area contributed by atoms with Crippen molar-refractivity contribution < 1.29 is 19.2 Å². The van der Waals surface area contributed by atoms with Gasteiger partial charge in [-0.3, -0.25) is 14.9 Å². The number of anilines is 1. The van der Waals surface area contributed by atoms with Gasteiger partial charge in [0.1, 0.15) is 0 Å². The van der Waals surface area contributed by atoms with Crippen molar-refractivity contribution in [3.63, 3.8) is 0 Å². The molecule has 2 aromatic carbocycles. The minimum Gasteiger partial charge on any atom is -0.454 e. The van der Waals surface area contributed by atoms with Crippen LogP contribution < -0.4 is 4.90 Å². The summed E-state index contributed by atoms with van der Waals surface area (Å²) in [5, 5.41) is 10.9. The molecule has 0 unspecified atom stereocenters. The van der Waals surface area contributed by atoms with Gasteiger partial charge in [-0.25, -0.2) is 4.79 Å². The lowest BCUT2D eigenvalue weighted by atomic mass is 10.1. The van der Waals surface area contributed by atoms with Crippen molar-refractivity contribution in [2.75, 3.05) is 25.6 Å². The molecule has 2 aromatic rings. The molecule has 0 fully saturated rings. The number of carbonyl (C=O) groups is 2. The molecule has 2 rings (SSSR count). The van der Waals surface area contributed by atoms with Crippen molar-refractivity contribution in [3.8, 4) is 0 Å². The zero-order chi connectivity index (χ0) is 17.7. The van der Waals surface area contributed by atoms with E-state index in [2.05, 4.69) is 0 Å². The smallest absolute Gasteiger partial charge is 0.340 e. The molecule has 0 saturated carbocycles. The first-order chi connectivity index (χ1) is 11.4. The highest BCUT2D eigenvalue weighted by atomic mass is 16.6. The Hall–Kier alpha value is -3.22. The van der Waals surface area contributed by atoms with Crippen molar-refractivity contribution in [1.29, 1.82) is 0 Å². The molecule has 24 heavy (non-hydrogen) atoms. The van der Waals surface area contributed by atoms with E-state index in [1.165, 1.54) is 12.1 Å². The first-order valence-electron chi connectivity index (χ1n) is 7.11. The van der Waals surface area contributed by atoms with Gasteiger partial charge < -0.3 is 9.64 Å². The summed E-state index contributed by atoms with van der Waals surface area (Å²) in [5.74, 6) is -1.13. The molecule has 0 aromatic heterocycles. The maximum atomic E-state index is 12.3. The van der Waals surface area contributed by atoms with Crippen LogP contribution in [0.15, 0.2) is 48.5 Å². The van der Waals surface area contributed by atoms with E-state index in [1.807, 2.05) is 0 Å². The molecule has 0 spiro atoms. The number of hydrogen-bond acceptors (Lipinski definition) is 6. The molecular formula is C17H16N2O5. The summed E-state index contributed by atoms with van der Waals surface area (Å²) < 4.78 is 5.03. The fourth-order valence-electron chi connectivity index (χ4n) is 2.11. The average molecular weight is 328 g/mol. The topological polar surface area (TPSA) is 89.8 Å². The van der Waals surface area contributed by atoms with E-state index >= 15 is 0 Å². The van der Waals surface area contributed by atoms with Crippen LogP contribution in [-0.4, -0.2) is 37.4 Å². The van der Waals surface area contributed by atoms with E-state index in [1.54, 1.807) is 49.3 Å². The fourth-order valence-corrected chi connectivity index (χ4v) is 2.11. The number of carbonyl (C=O) groups excluding carboxylic acids is 2. The molecule has 0 atom stereocenters. The number of benzene rings is 2. The highest BCUT2D eigenvalue weighted by Gasteiger charge is 2.20. The second-order valence-electron chi connectivity index (χ2n) is 5.22. The van der Waals surface area contributed by atoms with Crippen molar-refractivity contribution >= 4 is 23.1 Å². The summed E-state index contributed by atoms with van der Waals surface area (Å²) in [6.07, 6.45) is 0. The van der Waals surface area contributed by atoms with Gasteiger partial charge in [0.2, 0.25) is 0 Å². The third-order valence-corrected chi connectivity index (χ3v) is 3.32. The number of nitro benzene ring substituents is 1. The van der Waals surface area contributed by atoms with Crippen LogP contribution >= 0.6 is 0 Å². The van der Waals surface area contributed by atoms with Crippen molar-refractivity contribution in [2.24, 2.45) is 0 Å². The third-order valence-electron chi connectivity index (χ3n) is 3.32. The Bertz CT molecular complexity index is 772. The Morgan fingerprint density at radius 3 is 2.38 bits per heavy atom. The number of hydrogen-bond donors (Lipinski definition) is 0. The molecular weight excluding hydrogens is 312 g/mol. The lowest BCUT2D eigenvalue weighted by molar-refractivity contribution is -0.384. The van der Waals surface area contributed by atoms with Gasteiger partial charge in [-0.1, -0.05) is 30.3 Å². The number of Topliss-reactive ketones (excluding diaryl/α,β-unsaturated/α-hetero) is 1. The number of nitrogens with zero attached hydrogens (tertiary/aromatic N) is 2. The second-order valence-corrected chi connectivity index (χ2v) is 5.22. The third kappa shape index (κ3) is 3.95. The molecule has 0 amide bonds. The summed E-state index contributed by atoms with van der Waals surface area (Å²) in [6.45, 7) is -0.432. The summed E-state index contributed by atoms with van der Waals surface area (Å²) in [6, 6.07) is 12.3. The standard InChI is InChI=1S/C17H16N2O5/c1-18(2)15-9-8-13(19(22)23)10-14(15)17(21)24-11-16(20)12-6-4-3-5-7-12/h3-10H,11H2,1-2H3. The molecule has 0 N–H and O–H groups in total. The van der Waals surface area contributed by atoms with Crippen LogP contribution in [0.4, 0.5) is 11.4 Å². The van der Waals surface area contributed by atoms with Crippen LogP contribution in [0.3, 0.4) is 0 Å². The Morgan fingerprint density at radius 2 is 1.79 bits per heavy atom. The number of rotatable bonds is 6. The summed E-state index contributed by atoms with van der Waals surface area (Å²) in [7, 11) is 3.40. The van der Waals surface area contributed by atoms with Gasteiger partial charge in [0.15, 0.2) is 12.4 Å². The van der Waals surface area contributed by atoms with E-state index in [4.69, 9.17) is 4.74 Å². The Balaban J connectivity index is 2.18. The molecule has 0 saturated heterocycles. The summed E-state index contributed by atoms with van der Waals surface area (Å²) >= 11 is 0. The Kier molecular flexibility index (Phi) is 5.26. The SMILES string of the molecule is CN(C)c1ccc([N+](=O)[O-])cc1C(=O)OCC(=O)c1ccccc1. The molecule has 0 bridgehead atoms. The van der Waals surface area contributed by atoms with Crippen LogP contribution in [0, 0.1) is 10.1 Å². The minimum atomic E-state index is -0.785. The van der Waals surface area contributed by atoms with E-state index in [9.17, 15) is 19.7 Å².